The molecule has 0 aromatic heterocycles. The molecule has 0 amide bonds. The molecule has 1 aliphatic carbocycles. The minimum atomic E-state index is -0.912. The summed E-state index contributed by atoms with van der Waals surface area (Å²) in [5.74, 6) is -0.215. The van der Waals surface area contributed by atoms with Crippen molar-refractivity contribution < 1.29 is 9.53 Å². The molecule has 2 unspecified atom stereocenters. The van der Waals surface area contributed by atoms with Gasteiger partial charge in [0.2, 0.25) is 0 Å². The fraction of sp³-hybridized carbons (Fsp3) is 0.769. The molecule has 16 heavy (non-hydrogen) atoms. The quantitative estimate of drug-likeness (QED) is 0.580. The summed E-state index contributed by atoms with van der Waals surface area (Å²) in [6, 6.07) is 0. The maximum atomic E-state index is 12.0. The number of ether oxygens (including phenoxy) is 1. The first-order chi connectivity index (χ1) is 7.23. The van der Waals surface area contributed by atoms with Gasteiger partial charge in [0, 0.05) is 5.92 Å². The largest absolute Gasteiger partial charge is 0.459 e. The monoisotopic (exact) mass is 225 g/mol. The van der Waals surface area contributed by atoms with E-state index in [1.54, 1.807) is 6.92 Å². The molecular formula is C13H23NO2. The van der Waals surface area contributed by atoms with Crippen molar-refractivity contribution in [1.29, 1.82) is 0 Å². The van der Waals surface area contributed by atoms with Crippen LogP contribution in [0.5, 0.6) is 0 Å². The van der Waals surface area contributed by atoms with Crippen molar-refractivity contribution in [2.24, 2.45) is 11.7 Å². The highest BCUT2D eigenvalue weighted by Gasteiger charge is 2.39. The Balaban J connectivity index is 2.72. The lowest BCUT2D eigenvalue weighted by molar-refractivity contribution is -0.162. The number of hydrogen-bond acceptors (Lipinski definition) is 3. The van der Waals surface area contributed by atoms with Gasteiger partial charge in [0.25, 0.3) is 0 Å². The third-order valence-corrected chi connectivity index (χ3v) is 2.86. The van der Waals surface area contributed by atoms with Gasteiger partial charge >= 0.3 is 5.97 Å². The second-order valence-electron chi connectivity index (χ2n) is 5.75. The van der Waals surface area contributed by atoms with Gasteiger partial charge in [0.15, 0.2) is 0 Å². The first-order valence-corrected chi connectivity index (χ1v) is 5.92. The van der Waals surface area contributed by atoms with E-state index in [-0.39, 0.29) is 11.9 Å². The predicted octanol–water partition coefficient (Wildman–Crippen LogP) is 2.40. The number of esters is 1. The maximum absolute atomic E-state index is 12.0. The van der Waals surface area contributed by atoms with Gasteiger partial charge in [0.05, 0.1) is 0 Å². The zero-order chi connectivity index (χ0) is 12.4. The molecule has 0 saturated carbocycles. The fourth-order valence-corrected chi connectivity index (χ4v) is 1.85. The van der Waals surface area contributed by atoms with Gasteiger partial charge < -0.3 is 10.5 Å². The van der Waals surface area contributed by atoms with Crippen LogP contribution in [0, 0.1) is 5.92 Å². The predicted molar refractivity (Wildman–Crippen MR) is 64.9 cm³/mol. The van der Waals surface area contributed by atoms with Crippen molar-refractivity contribution in [2.45, 2.75) is 58.1 Å². The van der Waals surface area contributed by atoms with Crippen LogP contribution >= 0.6 is 0 Å². The standard InChI is InChI=1S/C13H23NO2/c1-12(2,3)16-11(15)13(4,14)10-8-6-5-7-9-10/h6,8,10H,5,7,9,14H2,1-4H3. The minimum absolute atomic E-state index is 0.0936. The molecule has 0 bridgehead atoms. The molecule has 3 nitrogen and oxygen atoms in total. The zero-order valence-corrected chi connectivity index (χ0v) is 10.7. The van der Waals surface area contributed by atoms with E-state index in [9.17, 15) is 4.79 Å². The van der Waals surface area contributed by atoms with Gasteiger partial charge in [-0.3, -0.25) is 4.79 Å². The van der Waals surface area contributed by atoms with Crippen molar-refractivity contribution in [3.63, 3.8) is 0 Å². The van der Waals surface area contributed by atoms with Crippen LogP contribution < -0.4 is 5.73 Å². The van der Waals surface area contributed by atoms with Crippen LogP contribution in [0.15, 0.2) is 12.2 Å². The van der Waals surface area contributed by atoms with Crippen LogP contribution in [0.3, 0.4) is 0 Å². The van der Waals surface area contributed by atoms with Gasteiger partial charge in [0.1, 0.15) is 11.1 Å². The van der Waals surface area contributed by atoms with Crippen LogP contribution in [-0.2, 0) is 9.53 Å². The van der Waals surface area contributed by atoms with E-state index < -0.39 is 11.1 Å². The van der Waals surface area contributed by atoms with E-state index in [1.165, 1.54) is 0 Å². The Labute approximate surface area is 98.0 Å². The summed E-state index contributed by atoms with van der Waals surface area (Å²) in [7, 11) is 0. The third-order valence-electron chi connectivity index (χ3n) is 2.86. The van der Waals surface area contributed by atoms with E-state index in [2.05, 4.69) is 6.08 Å². The normalized spacial score (nSPS) is 24.9. The van der Waals surface area contributed by atoms with Crippen molar-refractivity contribution in [3.8, 4) is 0 Å². The smallest absolute Gasteiger partial charge is 0.326 e. The Hall–Kier alpha value is -0.830. The lowest BCUT2D eigenvalue weighted by Crippen LogP contribution is -2.53. The van der Waals surface area contributed by atoms with Gasteiger partial charge in [-0.05, 0) is 47.0 Å². The number of hydrogen-bond donors (Lipinski definition) is 1. The van der Waals surface area contributed by atoms with E-state index in [1.807, 2.05) is 26.8 Å². The average molecular weight is 225 g/mol. The van der Waals surface area contributed by atoms with Gasteiger partial charge in [-0.25, -0.2) is 0 Å². The van der Waals surface area contributed by atoms with Gasteiger partial charge in [-0.1, -0.05) is 12.2 Å². The van der Waals surface area contributed by atoms with Gasteiger partial charge in [-0.15, -0.1) is 0 Å². The van der Waals surface area contributed by atoms with E-state index in [0.29, 0.717) is 0 Å². The molecular weight excluding hydrogens is 202 g/mol. The molecule has 0 spiro atoms. The summed E-state index contributed by atoms with van der Waals surface area (Å²) in [6.45, 7) is 7.34. The van der Waals surface area contributed by atoms with Gasteiger partial charge in [-0.2, -0.15) is 0 Å². The maximum Gasteiger partial charge on any atom is 0.326 e. The summed E-state index contributed by atoms with van der Waals surface area (Å²) in [5, 5.41) is 0. The average Bonchev–Trinajstić information content (AvgIpc) is 2.16. The third kappa shape index (κ3) is 3.34. The summed E-state index contributed by atoms with van der Waals surface area (Å²) >= 11 is 0. The first kappa shape index (κ1) is 13.2. The number of rotatable bonds is 2. The number of nitrogens with two attached hydrogens (primary N) is 1. The zero-order valence-electron chi connectivity index (χ0n) is 10.7. The van der Waals surface area contributed by atoms with Crippen LogP contribution in [0.4, 0.5) is 0 Å². The molecule has 2 atom stereocenters. The molecule has 1 rings (SSSR count). The molecule has 0 radical (unpaired) electrons. The Kier molecular flexibility index (Phi) is 3.79. The molecule has 2 N–H and O–H groups in total. The second-order valence-corrected chi connectivity index (χ2v) is 5.75. The Morgan fingerprint density at radius 3 is 2.44 bits per heavy atom. The molecule has 92 valence electrons. The molecule has 0 heterocycles. The molecule has 0 aromatic carbocycles. The summed E-state index contributed by atoms with van der Waals surface area (Å²) in [4.78, 5) is 12.0. The van der Waals surface area contributed by atoms with Crippen molar-refractivity contribution in [2.75, 3.05) is 0 Å². The summed E-state index contributed by atoms with van der Waals surface area (Å²) in [6.07, 6.45) is 7.29. The highest BCUT2D eigenvalue weighted by Crippen LogP contribution is 2.28. The number of carbonyl (C=O) groups is 1. The molecule has 3 heteroatoms. The van der Waals surface area contributed by atoms with Crippen molar-refractivity contribution >= 4 is 5.97 Å². The van der Waals surface area contributed by atoms with Crippen LogP contribution in [0.1, 0.15) is 47.0 Å². The number of carbonyl (C=O) groups excluding carboxylic acids is 1. The van der Waals surface area contributed by atoms with Crippen molar-refractivity contribution in [1.82, 2.24) is 0 Å². The lowest BCUT2D eigenvalue weighted by atomic mass is 9.80. The first-order valence-electron chi connectivity index (χ1n) is 5.92. The Morgan fingerprint density at radius 1 is 1.38 bits per heavy atom. The molecule has 0 aromatic rings. The molecule has 0 aliphatic heterocycles. The van der Waals surface area contributed by atoms with E-state index >= 15 is 0 Å². The van der Waals surface area contributed by atoms with Crippen LogP contribution in [0.25, 0.3) is 0 Å². The Morgan fingerprint density at radius 2 is 2.00 bits per heavy atom. The SMILES string of the molecule is CC(C)(C)OC(=O)C(C)(N)C1C=CCCC1. The summed E-state index contributed by atoms with van der Waals surface area (Å²) in [5.41, 5.74) is 4.73. The fourth-order valence-electron chi connectivity index (χ4n) is 1.85. The van der Waals surface area contributed by atoms with Crippen LogP contribution in [0.2, 0.25) is 0 Å². The minimum Gasteiger partial charge on any atom is -0.459 e. The van der Waals surface area contributed by atoms with E-state index in [4.69, 9.17) is 10.5 Å². The van der Waals surface area contributed by atoms with Crippen molar-refractivity contribution in [3.05, 3.63) is 12.2 Å². The van der Waals surface area contributed by atoms with E-state index in [0.717, 1.165) is 19.3 Å². The molecule has 0 fully saturated rings. The highest BCUT2D eigenvalue weighted by atomic mass is 16.6. The lowest BCUT2D eigenvalue weighted by Gasteiger charge is -2.34. The highest BCUT2D eigenvalue weighted by molar-refractivity contribution is 5.81. The second kappa shape index (κ2) is 4.58. The Bertz CT molecular complexity index is 287. The topological polar surface area (TPSA) is 52.3 Å². The molecule has 1 aliphatic rings. The number of allylic oxidation sites excluding steroid dienone is 1. The molecule has 0 saturated heterocycles. The summed E-state index contributed by atoms with van der Waals surface area (Å²) < 4.78 is 5.36. The van der Waals surface area contributed by atoms with Crippen LogP contribution in [-0.4, -0.2) is 17.1 Å².